The third kappa shape index (κ3) is 2.20. The van der Waals surface area contributed by atoms with Gasteiger partial charge in [-0.15, -0.1) is 11.3 Å². The molecule has 0 aliphatic carbocycles. The van der Waals surface area contributed by atoms with Gasteiger partial charge in [0.1, 0.15) is 11.1 Å². The van der Waals surface area contributed by atoms with Crippen LogP contribution in [0, 0.1) is 6.92 Å². The lowest BCUT2D eigenvalue weighted by Gasteiger charge is -2.00. The van der Waals surface area contributed by atoms with Gasteiger partial charge in [0.05, 0.1) is 6.54 Å². The lowest BCUT2D eigenvalue weighted by molar-refractivity contribution is 0.186. The van der Waals surface area contributed by atoms with E-state index in [9.17, 15) is 5.11 Å². The molecule has 1 rings (SSSR count). The summed E-state index contributed by atoms with van der Waals surface area (Å²) >= 11 is 1.36. The Kier molecular flexibility index (Phi) is 3.04. The molecule has 0 aliphatic rings. The Bertz CT molecular complexity index is 304. The van der Waals surface area contributed by atoms with Crippen molar-refractivity contribution in [3.8, 4) is 0 Å². The lowest BCUT2D eigenvalue weighted by atomic mass is 10.4. The molecule has 0 saturated heterocycles. The zero-order valence-corrected chi connectivity index (χ0v) is 7.32. The number of azide groups is 1. The topological polar surface area (TPSA) is 81.9 Å². The maximum absolute atomic E-state index is 9.35. The number of nitrogens with zero attached hydrogens (tertiary/aromatic N) is 4. The number of rotatable bonds is 3. The zero-order valence-electron chi connectivity index (χ0n) is 6.51. The van der Waals surface area contributed by atoms with Crippen molar-refractivity contribution in [3.05, 3.63) is 26.5 Å². The first-order chi connectivity index (χ1) is 5.74. The highest BCUT2D eigenvalue weighted by Crippen LogP contribution is 2.17. The number of aliphatic hydroxyl groups is 1. The molecule has 6 heteroatoms. The highest BCUT2D eigenvalue weighted by Gasteiger charge is 2.09. The molecule has 12 heavy (non-hydrogen) atoms. The molecule has 0 unspecified atom stereocenters. The molecule has 0 bridgehead atoms. The average Bonchev–Trinajstić information content (AvgIpc) is 2.47. The predicted octanol–water partition coefficient (Wildman–Crippen LogP) is 1.80. The molecule has 1 aromatic heterocycles. The Labute approximate surface area is 73.3 Å². The van der Waals surface area contributed by atoms with E-state index in [0.29, 0.717) is 5.01 Å². The molecule has 5 nitrogen and oxygen atoms in total. The summed E-state index contributed by atoms with van der Waals surface area (Å²) in [4.78, 5) is 6.60. The molecule has 0 aliphatic heterocycles. The minimum atomic E-state index is -0.764. The molecule has 0 saturated carbocycles. The van der Waals surface area contributed by atoms with Crippen molar-refractivity contribution in [3.63, 3.8) is 0 Å². The Morgan fingerprint density at radius 3 is 3.17 bits per heavy atom. The molecule has 0 amide bonds. The molecule has 0 aromatic carbocycles. The van der Waals surface area contributed by atoms with Gasteiger partial charge in [-0.2, -0.15) is 0 Å². The van der Waals surface area contributed by atoms with Gasteiger partial charge in [0.2, 0.25) is 0 Å². The van der Waals surface area contributed by atoms with Gasteiger partial charge in [-0.3, -0.25) is 0 Å². The number of thiazole rings is 1. The van der Waals surface area contributed by atoms with E-state index in [4.69, 9.17) is 5.53 Å². The number of hydrogen-bond donors (Lipinski definition) is 1. The maximum atomic E-state index is 9.35. The van der Waals surface area contributed by atoms with Crippen LogP contribution in [-0.4, -0.2) is 16.6 Å². The molecular weight excluding hydrogens is 176 g/mol. The Balaban J connectivity index is 2.64. The van der Waals surface area contributed by atoms with Crippen LogP contribution >= 0.6 is 11.3 Å². The summed E-state index contributed by atoms with van der Waals surface area (Å²) in [7, 11) is 0. The molecule has 1 heterocycles. The van der Waals surface area contributed by atoms with Crippen molar-refractivity contribution in [2.24, 2.45) is 5.11 Å². The Morgan fingerprint density at radius 1 is 1.92 bits per heavy atom. The smallest absolute Gasteiger partial charge is 0.122 e. The van der Waals surface area contributed by atoms with E-state index >= 15 is 0 Å². The summed E-state index contributed by atoms with van der Waals surface area (Å²) in [5, 5.41) is 15.0. The second-order valence-electron chi connectivity index (χ2n) is 2.26. The summed E-state index contributed by atoms with van der Waals surface area (Å²) in [5.74, 6) is 0. The van der Waals surface area contributed by atoms with Crippen LogP contribution in [-0.2, 0) is 0 Å². The zero-order chi connectivity index (χ0) is 8.97. The van der Waals surface area contributed by atoms with Gasteiger partial charge in [0.15, 0.2) is 0 Å². The van der Waals surface area contributed by atoms with Crippen LogP contribution in [0.4, 0.5) is 0 Å². The van der Waals surface area contributed by atoms with E-state index in [2.05, 4.69) is 15.0 Å². The van der Waals surface area contributed by atoms with E-state index in [1.807, 2.05) is 12.3 Å². The first kappa shape index (κ1) is 8.99. The fourth-order valence-electron chi connectivity index (χ4n) is 0.717. The average molecular weight is 184 g/mol. The van der Waals surface area contributed by atoms with Gasteiger partial charge in [0, 0.05) is 16.0 Å². The van der Waals surface area contributed by atoms with E-state index in [1.165, 1.54) is 11.3 Å². The summed E-state index contributed by atoms with van der Waals surface area (Å²) < 4.78 is 0. The van der Waals surface area contributed by atoms with Crippen LogP contribution in [0.25, 0.3) is 10.4 Å². The fraction of sp³-hybridized carbons (Fsp3) is 0.500. The first-order valence-electron chi connectivity index (χ1n) is 3.35. The van der Waals surface area contributed by atoms with Crippen molar-refractivity contribution in [1.29, 1.82) is 0 Å². The quantitative estimate of drug-likeness (QED) is 0.441. The monoisotopic (exact) mass is 184 g/mol. The predicted molar refractivity (Wildman–Crippen MR) is 45.8 cm³/mol. The Morgan fingerprint density at radius 2 is 2.67 bits per heavy atom. The maximum Gasteiger partial charge on any atom is 0.122 e. The molecule has 1 atom stereocenters. The van der Waals surface area contributed by atoms with Gasteiger partial charge in [-0.1, -0.05) is 5.11 Å². The molecule has 1 aromatic rings. The van der Waals surface area contributed by atoms with Gasteiger partial charge in [-0.25, -0.2) is 4.98 Å². The van der Waals surface area contributed by atoms with Crippen molar-refractivity contribution in [2.45, 2.75) is 13.0 Å². The van der Waals surface area contributed by atoms with Crippen LogP contribution in [0.3, 0.4) is 0 Å². The fourth-order valence-corrected chi connectivity index (χ4v) is 1.49. The SMILES string of the molecule is Cc1csc([C@H](O)CN=[N+]=[N-])n1. The minimum Gasteiger partial charge on any atom is -0.386 e. The van der Waals surface area contributed by atoms with Crippen LogP contribution in [0.1, 0.15) is 16.8 Å². The third-order valence-corrected chi connectivity index (χ3v) is 2.30. The number of hydrogen-bond acceptors (Lipinski definition) is 4. The van der Waals surface area contributed by atoms with E-state index in [1.54, 1.807) is 0 Å². The van der Waals surface area contributed by atoms with Crippen LogP contribution in [0.2, 0.25) is 0 Å². The van der Waals surface area contributed by atoms with Crippen LogP contribution < -0.4 is 0 Å². The molecule has 0 fully saturated rings. The van der Waals surface area contributed by atoms with Crippen LogP contribution in [0.15, 0.2) is 10.5 Å². The molecule has 0 spiro atoms. The van der Waals surface area contributed by atoms with Gasteiger partial charge < -0.3 is 5.11 Å². The number of aliphatic hydroxyl groups excluding tert-OH is 1. The van der Waals surface area contributed by atoms with Gasteiger partial charge in [0.25, 0.3) is 0 Å². The standard InChI is InChI=1S/C6H8N4OS/c1-4-3-12-6(9-4)5(11)2-8-10-7/h3,5,11H,2H2,1H3/t5-/m1/s1. The number of aryl methyl sites for hydroxylation is 1. The lowest BCUT2D eigenvalue weighted by Crippen LogP contribution is -1.99. The Hall–Kier alpha value is -1.10. The normalized spacial score (nSPS) is 12.2. The van der Waals surface area contributed by atoms with E-state index < -0.39 is 6.10 Å². The third-order valence-electron chi connectivity index (χ3n) is 1.24. The summed E-state index contributed by atoms with van der Waals surface area (Å²) in [6.07, 6.45) is -0.764. The van der Waals surface area contributed by atoms with Gasteiger partial charge >= 0.3 is 0 Å². The highest BCUT2D eigenvalue weighted by atomic mass is 32.1. The molecule has 64 valence electrons. The second kappa shape index (κ2) is 4.06. The summed E-state index contributed by atoms with van der Waals surface area (Å²) in [6.45, 7) is 1.89. The first-order valence-corrected chi connectivity index (χ1v) is 4.23. The highest BCUT2D eigenvalue weighted by molar-refractivity contribution is 7.09. The summed E-state index contributed by atoms with van der Waals surface area (Å²) in [5.41, 5.74) is 8.87. The molecular formula is C6H8N4OS. The van der Waals surface area contributed by atoms with Crippen molar-refractivity contribution in [1.82, 2.24) is 4.98 Å². The van der Waals surface area contributed by atoms with Crippen LogP contribution in [0.5, 0.6) is 0 Å². The summed E-state index contributed by atoms with van der Waals surface area (Å²) in [6, 6.07) is 0. The van der Waals surface area contributed by atoms with E-state index in [-0.39, 0.29) is 6.54 Å². The van der Waals surface area contributed by atoms with E-state index in [0.717, 1.165) is 5.69 Å². The number of aromatic nitrogens is 1. The second-order valence-corrected chi connectivity index (χ2v) is 3.15. The molecule has 0 radical (unpaired) electrons. The van der Waals surface area contributed by atoms with Crippen molar-refractivity contribution >= 4 is 11.3 Å². The van der Waals surface area contributed by atoms with Crippen molar-refractivity contribution in [2.75, 3.05) is 6.54 Å². The largest absolute Gasteiger partial charge is 0.386 e. The molecule has 1 N–H and O–H groups in total. The minimum absolute atomic E-state index is 0.0451. The van der Waals surface area contributed by atoms with Crippen molar-refractivity contribution < 1.29 is 5.11 Å². The van der Waals surface area contributed by atoms with Gasteiger partial charge in [-0.05, 0) is 12.5 Å².